The Morgan fingerprint density at radius 2 is 1.88 bits per heavy atom. The van der Waals surface area contributed by atoms with Crippen molar-refractivity contribution >= 4 is 11.9 Å². The summed E-state index contributed by atoms with van der Waals surface area (Å²) in [5.41, 5.74) is 0. The molecule has 0 aliphatic rings. The van der Waals surface area contributed by atoms with E-state index in [4.69, 9.17) is 5.11 Å². The van der Waals surface area contributed by atoms with E-state index in [2.05, 4.69) is 0 Å². The van der Waals surface area contributed by atoms with E-state index in [1.807, 2.05) is 0 Å². The summed E-state index contributed by atoms with van der Waals surface area (Å²) in [5, 5.41) is 8.34. The van der Waals surface area contributed by atoms with Gasteiger partial charge in [-0.1, -0.05) is 6.92 Å². The second-order valence-corrected chi connectivity index (χ2v) is 3.04. The Bertz CT molecular complexity index is 270. The van der Waals surface area contributed by atoms with Crippen molar-refractivity contribution in [2.45, 2.75) is 25.7 Å². The number of rotatable bonds is 6. The van der Waals surface area contributed by atoms with Crippen molar-refractivity contribution in [2.75, 3.05) is 13.1 Å². The van der Waals surface area contributed by atoms with Crippen LogP contribution in [0, 0.1) is 0 Å². The number of alkyl halides is 4. The molecule has 94 valence electrons. The van der Waals surface area contributed by atoms with Gasteiger partial charge in [-0.25, -0.2) is 8.78 Å². The van der Waals surface area contributed by atoms with Gasteiger partial charge in [-0.3, -0.25) is 9.59 Å². The molecule has 0 aromatic heterocycles. The molecule has 0 bridgehead atoms. The number of halogens is 4. The van der Waals surface area contributed by atoms with E-state index in [0.29, 0.717) is 0 Å². The Morgan fingerprint density at radius 1 is 1.38 bits per heavy atom. The Balaban J connectivity index is 4.79. The van der Waals surface area contributed by atoms with Crippen LogP contribution in [0.4, 0.5) is 17.6 Å². The van der Waals surface area contributed by atoms with Gasteiger partial charge in [0.25, 0.3) is 5.91 Å². The molecule has 8 heteroatoms. The Labute approximate surface area is 88.8 Å². The lowest BCUT2D eigenvalue weighted by molar-refractivity contribution is -0.182. The third-order valence-corrected chi connectivity index (χ3v) is 1.67. The number of hydrogen-bond acceptors (Lipinski definition) is 2. The van der Waals surface area contributed by atoms with Gasteiger partial charge in [-0.15, -0.1) is 0 Å². The van der Waals surface area contributed by atoms with Crippen LogP contribution in [0.15, 0.2) is 0 Å². The van der Waals surface area contributed by atoms with E-state index in [1.54, 1.807) is 0 Å². The minimum absolute atomic E-state index is 0.193. The quantitative estimate of drug-likeness (QED) is 0.715. The molecule has 0 heterocycles. The molecule has 0 spiro atoms. The summed E-state index contributed by atoms with van der Waals surface area (Å²) in [4.78, 5) is 21.4. The predicted molar refractivity (Wildman–Crippen MR) is 45.5 cm³/mol. The topological polar surface area (TPSA) is 57.6 Å². The average molecular weight is 245 g/mol. The molecule has 0 aromatic rings. The summed E-state index contributed by atoms with van der Waals surface area (Å²) >= 11 is 0. The first-order valence-corrected chi connectivity index (χ1v) is 4.40. The van der Waals surface area contributed by atoms with Gasteiger partial charge in [-0.2, -0.15) is 8.78 Å². The van der Waals surface area contributed by atoms with Gasteiger partial charge in [-0.05, 0) is 6.42 Å². The fourth-order valence-electron chi connectivity index (χ4n) is 0.990. The number of carbonyl (C=O) groups excluding carboxylic acids is 1. The minimum atomic E-state index is -4.84. The molecular weight excluding hydrogens is 234 g/mol. The Hall–Kier alpha value is -1.34. The van der Waals surface area contributed by atoms with Crippen LogP contribution >= 0.6 is 0 Å². The highest BCUT2D eigenvalue weighted by Crippen LogP contribution is 2.25. The second kappa shape index (κ2) is 5.66. The number of carboxylic acid groups (broad SMARTS) is 1. The van der Waals surface area contributed by atoms with Crippen molar-refractivity contribution in [3.8, 4) is 0 Å². The van der Waals surface area contributed by atoms with Gasteiger partial charge < -0.3 is 10.0 Å². The number of aliphatic carboxylic acids is 1. The molecule has 0 saturated carbocycles. The standard InChI is InChI=1S/C8H11F4NO3/c1-2-3-13(4-5(14)15)7(16)8(11,12)6(9)10/h6H,2-4H2,1H3,(H,14,15). The van der Waals surface area contributed by atoms with E-state index >= 15 is 0 Å². The monoisotopic (exact) mass is 245 g/mol. The van der Waals surface area contributed by atoms with Crippen molar-refractivity contribution < 1.29 is 32.3 Å². The van der Waals surface area contributed by atoms with Crippen LogP contribution in [0.1, 0.15) is 13.3 Å². The molecule has 0 aliphatic heterocycles. The first-order valence-electron chi connectivity index (χ1n) is 4.40. The first-order chi connectivity index (χ1) is 7.23. The van der Waals surface area contributed by atoms with E-state index in [0.717, 1.165) is 0 Å². The van der Waals surface area contributed by atoms with Gasteiger partial charge in [0.05, 0.1) is 0 Å². The van der Waals surface area contributed by atoms with Gasteiger partial charge in [0.1, 0.15) is 6.54 Å². The maximum absolute atomic E-state index is 12.6. The van der Waals surface area contributed by atoms with E-state index in [9.17, 15) is 27.2 Å². The predicted octanol–water partition coefficient (Wildman–Crippen LogP) is 1.21. The highest BCUT2D eigenvalue weighted by molar-refractivity contribution is 5.87. The largest absolute Gasteiger partial charge is 0.480 e. The number of hydrogen-bond donors (Lipinski definition) is 1. The minimum Gasteiger partial charge on any atom is -0.480 e. The maximum atomic E-state index is 12.6. The molecule has 0 radical (unpaired) electrons. The summed E-state index contributed by atoms with van der Waals surface area (Å²) in [7, 11) is 0. The zero-order valence-corrected chi connectivity index (χ0v) is 8.42. The van der Waals surface area contributed by atoms with Crippen LogP contribution in [-0.4, -0.2) is 47.3 Å². The lowest BCUT2D eigenvalue weighted by atomic mass is 10.2. The third kappa shape index (κ3) is 3.67. The number of carboxylic acids is 1. The number of amides is 1. The van der Waals surface area contributed by atoms with E-state index < -0.39 is 30.8 Å². The van der Waals surface area contributed by atoms with Gasteiger partial charge in [0.15, 0.2) is 0 Å². The van der Waals surface area contributed by atoms with Crippen LogP contribution in [-0.2, 0) is 9.59 Å². The van der Waals surface area contributed by atoms with Crippen molar-refractivity contribution in [1.82, 2.24) is 4.90 Å². The van der Waals surface area contributed by atoms with Crippen molar-refractivity contribution in [3.05, 3.63) is 0 Å². The lowest BCUT2D eigenvalue weighted by Gasteiger charge is -2.24. The number of nitrogens with zero attached hydrogens (tertiary/aromatic N) is 1. The van der Waals surface area contributed by atoms with Crippen LogP contribution in [0.5, 0.6) is 0 Å². The zero-order chi connectivity index (χ0) is 12.9. The van der Waals surface area contributed by atoms with E-state index in [1.165, 1.54) is 6.92 Å². The normalized spacial score (nSPS) is 11.6. The van der Waals surface area contributed by atoms with Crippen LogP contribution in [0.2, 0.25) is 0 Å². The van der Waals surface area contributed by atoms with Crippen molar-refractivity contribution in [3.63, 3.8) is 0 Å². The van der Waals surface area contributed by atoms with Gasteiger partial charge in [0.2, 0.25) is 0 Å². The molecule has 0 saturated heterocycles. The first kappa shape index (κ1) is 14.7. The fraction of sp³-hybridized carbons (Fsp3) is 0.750. The van der Waals surface area contributed by atoms with Crippen LogP contribution in [0.25, 0.3) is 0 Å². The molecule has 0 rings (SSSR count). The average Bonchev–Trinajstić information content (AvgIpc) is 2.15. The highest BCUT2D eigenvalue weighted by Gasteiger charge is 2.51. The molecule has 0 fully saturated rings. The second-order valence-electron chi connectivity index (χ2n) is 3.04. The molecule has 0 aromatic carbocycles. The maximum Gasteiger partial charge on any atom is 0.383 e. The van der Waals surface area contributed by atoms with Gasteiger partial charge >= 0.3 is 18.3 Å². The molecule has 0 aliphatic carbocycles. The summed E-state index contributed by atoms with van der Waals surface area (Å²) < 4.78 is 49.0. The van der Waals surface area contributed by atoms with Crippen molar-refractivity contribution in [1.29, 1.82) is 0 Å². The Kier molecular flexibility index (Phi) is 5.19. The van der Waals surface area contributed by atoms with Crippen molar-refractivity contribution in [2.24, 2.45) is 0 Å². The fourth-order valence-corrected chi connectivity index (χ4v) is 0.990. The molecule has 4 nitrogen and oxygen atoms in total. The summed E-state index contributed by atoms with van der Waals surface area (Å²) in [6, 6.07) is 0. The summed E-state index contributed by atoms with van der Waals surface area (Å²) in [6.45, 7) is 0.172. The van der Waals surface area contributed by atoms with Crippen LogP contribution < -0.4 is 0 Å². The molecule has 0 unspecified atom stereocenters. The molecule has 16 heavy (non-hydrogen) atoms. The summed E-state index contributed by atoms with van der Waals surface area (Å²) in [6.07, 6.45) is -3.95. The molecule has 0 atom stereocenters. The zero-order valence-electron chi connectivity index (χ0n) is 8.42. The number of carbonyl (C=O) groups is 2. The smallest absolute Gasteiger partial charge is 0.383 e. The summed E-state index contributed by atoms with van der Waals surface area (Å²) in [5.74, 6) is -8.54. The third-order valence-electron chi connectivity index (χ3n) is 1.67. The lowest BCUT2D eigenvalue weighted by Crippen LogP contribution is -2.49. The molecular formula is C8H11F4NO3. The van der Waals surface area contributed by atoms with Gasteiger partial charge in [0, 0.05) is 6.54 Å². The highest BCUT2D eigenvalue weighted by atomic mass is 19.3. The SMILES string of the molecule is CCCN(CC(=O)O)C(=O)C(F)(F)C(F)F. The Morgan fingerprint density at radius 3 is 2.19 bits per heavy atom. The molecule has 1 amide bonds. The molecule has 1 N–H and O–H groups in total. The van der Waals surface area contributed by atoms with E-state index in [-0.39, 0.29) is 17.9 Å². The van der Waals surface area contributed by atoms with Crippen LogP contribution in [0.3, 0.4) is 0 Å².